The van der Waals surface area contributed by atoms with Gasteiger partial charge in [0.15, 0.2) is 0 Å². The molecule has 4 rings (SSSR count). The monoisotopic (exact) mass is 351 g/mol. The van der Waals surface area contributed by atoms with E-state index in [1.165, 1.54) is 0 Å². The van der Waals surface area contributed by atoms with Crippen molar-refractivity contribution in [1.29, 1.82) is 0 Å². The maximum absolute atomic E-state index is 13.2. The highest BCUT2D eigenvalue weighted by Gasteiger charge is 2.42. The summed E-state index contributed by atoms with van der Waals surface area (Å²) in [6.45, 7) is 3.55. The molecule has 3 heterocycles. The lowest BCUT2D eigenvalue weighted by Crippen LogP contribution is -2.52. The van der Waals surface area contributed by atoms with Crippen LogP contribution in [-0.4, -0.2) is 33.8 Å². The largest absolute Gasteiger partial charge is 0.445 e. The summed E-state index contributed by atoms with van der Waals surface area (Å²) in [5.41, 5.74) is 1.95. The smallest absolute Gasteiger partial charge is 0.252 e. The molecule has 0 atom stereocenters. The Morgan fingerprint density at radius 1 is 1.31 bits per heavy atom. The van der Waals surface area contributed by atoms with Crippen LogP contribution in [0.15, 0.2) is 53.5 Å². The number of piperidine rings is 1. The van der Waals surface area contributed by atoms with Crippen LogP contribution in [0.25, 0.3) is 11.5 Å². The third-order valence-electron chi connectivity index (χ3n) is 4.95. The van der Waals surface area contributed by atoms with Gasteiger partial charge in [0.2, 0.25) is 5.89 Å². The first kappa shape index (κ1) is 16.5. The Hall–Kier alpha value is -2.93. The van der Waals surface area contributed by atoms with Gasteiger partial charge in [-0.1, -0.05) is 6.07 Å². The molecule has 26 heavy (non-hydrogen) atoms. The fourth-order valence-electron chi connectivity index (χ4n) is 3.46. The number of aromatic nitrogens is 3. The number of carbonyl (C=O) groups is 1. The number of aryl methyl sites for hydroxylation is 1. The summed E-state index contributed by atoms with van der Waals surface area (Å²) in [5, 5.41) is 10.7. The quantitative estimate of drug-likeness (QED) is 0.755. The molecule has 0 aliphatic carbocycles. The van der Waals surface area contributed by atoms with Crippen molar-refractivity contribution in [2.75, 3.05) is 18.4 Å². The number of nitrogens with one attached hydrogen (secondary N) is 2. The van der Waals surface area contributed by atoms with Crippen LogP contribution in [0.5, 0.6) is 0 Å². The van der Waals surface area contributed by atoms with Crippen molar-refractivity contribution in [3.05, 3.63) is 54.7 Å². The molecule has 0 saturated carbocycles. The summed E-state index contributed by atoms with van der Waals surface area (Å²) >= 11 is 0. The molecule has 1 aliphatic rings. The second kappa shape index (κ2) is 6.76. The summed E-state index contributed by atoms with van der Waals surface area (Å²) in [4.78, 5) is 17.4. The zero-order valence-corrected chi connectivity index (χ0v) is 14.6. The molecule has 2 aromatic heterocycles. The fourth-order valence-corrected chi connectivity index (χ4v) is 3.46. The molecular weight excluding hydrogens is 330 g/mol. The number of oxazole rings is 1. The number of amides is 1. The highest BCUT2D eigenvalue weighted by molar-refractivity contribution is 5.97. The minimum Gasteiger partial charge on any atom is -0.445 e. The number of anilines is 1. The molecule has 0 bridgehead atoms. The van der Waals surface area contributed by atoms with Gasteiger partial charge in [0, 0.05) is 23.6 Å². The highest BCUT2D eigenvalue weighted by atomic mass is 16.3. The minimum atomic E-state index is -0.678. The average Bonchev–Trinajstić information content (AvgIpc) is 3.38. The Bertz CT molecular complexity index is 881. The predicted octanol–water partition coefficient (Wildman–Crippen LogP) is 2.56. The molecule has 2 N–H and O–H groups in total. The van der Waals surface area contributed by atoms with E-state index in [4.69, 9.17) is 4.42 Å². The molecule has 134 valence electrons. The van der Waals surface area contributed by atoms with Crippen molar-refractivity contribution in [1.82, 2.24) is 20.1 Å². The number of nitrogens with zero attached hydrogens (tertiary/aromatic N) is 3. The lowest BCUT2D eigenvalue weighted by atomic mass is 9.87. The fraction of sp³-hybridized carbons (Fsp3) is 0.316. The lowest BCUT2D eigenvalue weighted by molar-refractivity contribution is -0.126. The van der Waals surface area contributed by atoms with Crippen LogP contribution < -0.4 is 10.6 Å². The Morgan fingerprint density at radius 3 is 2.85 bits per heavy atom. The molecule has 0 spiro atoms. The van der Waals surface area contributed by atoms with Crippen LogP contribution in [0.1, 0.15) is 18.4 Å². The summed E-state index contributed by atoms with van der Waals surface area (Å²) in [6.07, 6.45) is 8.11. The predicted molar refractivity (Wildman–Crippen MR) is 97.6 cm³/mol. The molecule has 1 aromatic carbocycles. The van der Waals surface area contributed by atoms with E-state index in [1.54, 1.807) is 23.3 Å². The first-order valence-corrected chi connectivity index (χ1v) is 8.72. The van der Waals surface area contributed by atoms with Gasteiger partial charge in [0.25, 0.3) is 5.91 Å². The van der Waals surface area contributed by atoms with E-state index >= 15 is 0 Å². The number of benzene rings is 1. The van der Waals surface area contributed by atoms with Gasteiger partial charge < -0.3 is 15.1 Å². The second-order valence-electron chi connectivity index (χ2n) is 6.55. The third kappa shape index (κ3) is 2.90. The molecule has 1 aliphatic heterocycles. The van der Waals surface area contributed by atoms with Gasteiger partial charge in [-0.2, -0.15) is 5.10 Å². The topological polar surface area (TPSA) is 85.0 Å². The molecule has 0 unspecified atom stereocenters. The molecule has 1 amide bonds. The van der Waals surface area contributed by atoms with Gasteiger partial charge in [-0.15, -0.1) is 0 Å². The third-order valence-corrected chi connectivity index (χ3v) is 4.95. The molecule has 3 aromatic rings. The Kier molecular flexibility index (Phi) is 4.30. The van der Waals surface area contributed by atoms with Crippen molar-refractivity contribution in [3.63, 3.8) is 0 Å². The molecular formula is C19H21N5O2. The minimum absolute atomic E-state index is 0.0510. The van der Waals surface area contributed by atoms with Gasteiger partial charge in [-0.05, 0) is 56.6 Å². The van der Waals surface area contributed by atoms with Crippen molar-refractivity contribution >= 4 is 11.6 Å². The SMILES string of the molecule is Cc1ccc(NC(=O)C2(n3cccn3)CCNCC2)cc1-c1ncco1. The van der Waals surface area contributed by atoms with Crippen molar-refractivity contribution in [2.45, 2.75) is 25.3 Å². The van der Waals surface area contributed by atoms with Gasteiger partial charge in [0.05, 0.1) is 6.20 Å². The van der Waals surface area contributed by atoms with Gasteiger partial charge in [-0.25, -0.2) is 4.98 Å². The maximum atomic E-state index is 13.2. The summed E-state index contributed by atoms with van der Waals surface area (Å²) < 4.78 is 7.19. The molecule has 7 heteroatoms. The van der Waals surface area contributed by atoms with E-state index < -0.39 is 5.54 Å². The first-order valence-electron chi connectivity index (χ1n) is 8.72. The zero-order chi connectivity index (χ0) is 18.0. The average molecular weight is 351 g/mol. The molecule has 1 fully saturated rings. The number of hydrogen-bond acceptors (Lipinski definition) is 5. The normalized spacial score (nSPS) is 16.3. The van der Waals surface area contributed by atoms with Crippen molar-refractivity contribution in [2.24, 2.45) is 0 Å². The van der Waals surface area contributed by atoms with Crippen molar-refractivity contribution in [3.8, 4) is 11.5 Å². The Labute approximate surface area is 151 Å². The van der Waals surface area contributed by atoms with Crippen LogP contribution >= 0.6 is 0 Å². The lowest BCUT2D eigenvalue weighted by Gasteiger charge is -2.36. The first-order chi connectivity index (χ1) is 12.7. The van der Waals surface area contributed by atoms with E-state index in [1.807, 2.05) is 37.4 Å². The van der Waals surface area contributed by atoms with Crippen LogP contribution in [0.4, 0.5) is 5.69 Å². The van der Waals surface area contributed by atoms with Crippen LogP contribution in [0, 0.1) is 6.92 Å². The summed E-state index contributed by atoms with van der Waals surface area (Å²) in [6, 6.07) is 7.61. The highest BCUT2D eigenvalue weighted by Crippen LogP contribution is 2.30. The van der Waals surface area contributed by atoms with E-state index in [0.29, 0.717) is 18.7 Å². The Morgan fingerprint density at radius 2 is 2.15 bits per heavy atom. The molecule has 1 saturated heterocycles. The molecule has 0 radical (unpaired) electrons. The summed E-state index contributed by atoms with van der Waals surface area (Å²) in [5.74, 6) is 0.493. The van der Waals surface area contributed by atoms with Crippen molar-refractivity contribution < 1.29 is 9.21 Å². The molecule has 7 nitrogen and oxygen atoms in total. The van der Waals surface area contributed by atoms with E-state index in [0.717, 1.165) is 29.9 Å². The number of rotatable bonds is 4. The summed E-state index contributed by atoms with van der Waals surface area (Å²) in [7, 11) is 0. The standard InChI is InChI=1S/C19H21N5O2/c1-14-3-4-15(13-16(14)17-21-10-12-26-17)23-18(25)19(5-8-20-9-6-19)24-11-2-7-22-24/h2-4,7,10-13,20H,5-6,8-9H2,1H3,(H,23,25). The Balaban J connectivity index is 1.64. The van der Waals surface area contributed by atoms with Gasteiger partial charge >= 0.3 is 0 Å². The van der Waals surface area contributed by atoms with Gasteiger partial charge in [-0.3, -0.25) is 9.48 Å². The van der Waals surface area contributed by atoms with Crippen LogP contribution in [0.2, 0.25) is 0 Å². The zero-order valence-electron chi connectivity index (χ0n) is 14.6. The number of hydrogen-bond donors (Lipinski definition) is 2. The van der Waals surface area contributed by atoms with E-state index in [2.05, 4.69) is 20.7 Å². The van der Waals surface area contributed by atoms with Crippen LogP contribution in [0.3, 0.4) is 0 Å². The van der Waals surface area contributed by atoms with E-state index in [-0.39, 0.29) is 5.91 Å². The number of carbonyl (C=O) groups excluding carboxylic acids is 1. The van der Waals surface area contributed by atoms with Gasteiger partial charge in [0.1, 0.15) is 11.8 Å². The second-order valence-corrected chi connectivity index (χ2v) is 6.55. The van der Waals surface area contributed by atoms with E-state index in [9.17, 15) is 4.79 Å². The van der Waals surface area contributed by atoms with Crippen LogP contribution in [-0.2, 0) is 10.3 Å². The maximum Gasteiger partial charge on any atom is 0.252 e.